The number of aryl methyl sites for hydroxylation is 1. The minimum atomic E-state index is -5.08. The molecule has 0 unspecified atom stereocenters. The summed E-state index contributed by atoms with van der Waals surface area (Å²) in [5.74, 6) is -4.07. The van der Waals surface area contributed by atoms with Crippen LogP contribution >= 0.6 is 0 Å². The number of aromatic amines is 1. The molecule has 1 aromatic heterocycles. The first-order chi connectivity index (χ1) is 21.1. The molecule has 5 N–H and O–H groups in total. The molecule has 17 heteroatoms. The van der Waals surface area contributed by atoms with Crippen molar-refractivity contribution in [3.05, 3.63) is 60.4 Å². The molecule has 0 aliphatic carbocycles. The van der Waals surface area contributed by atoms with Gasteiger partial charge >= 0.3 is 24.3 Å². The molecule has 1 amide bonds. The monoisotopic (exact) mass is 648 g/mol. The summed E-state index contributed by atoms with van der Waals surface area (Å²) in [5, 5.41) is 27.5. The summed E-state index contributed by atoms with van der Waals surface area (Å²) in [6.45, 7) is 1.88. The highest BCUT2D eigenvalue weighted by molar-refractivity contribution is 5.93. The molecule has 0 spiro atoms. The molecule has 4 rings (SSSR count). The number of H-pyrrole nitrogens is 1. The molecule has 2 heterocycles. The van der Waals surface area contributed by atoms with Crippen LogP contribution in [0.3, 0.4) is 0 Å². The van der Waals surface area contributed by atoms with Crippen LogP contribution in [0.4, 0.5) is 32.0 Å². The van der Waals surface area contributed by atoms with Gasteiger partial charge in [-0.1, -0.05) is 18.2 Å². The van der Waals surface area contributed by atoms with Gasteiger partial charge in [0, 0.05) is 18.2 Å². The smallest absolute Gasteiger partial charge is 0.490 e. The molecule has 1 saturated heterocycles. The van der Waals surface area contributed by atoms with E-state index in [2.05, 4.69) is 20.8 Å². The number of carboxylic acids is 2. The lowest BCUT2D eigenvalue weighted by Gasteiger charge is -2.25. The van der Waals surface area contributed by atoms with E-state index >= 15 is 0 Å². The van der Waals surface area contributed by atoms with E-state index in [0.29, 0.717) is 24.3 Å². The maximum Gasteiger partial charge on any atom is 0.490 e. The number of hydrogen-bond donors (Lipinski definition) is 5. The molecule has 3 aromatic rings. The third-order valence-corrected chi connectivity index (χ3v) is 5.93. The Bertz CT molecular complexity index is 1370. The molecular weight excluding hydrogens is 618 g/mol. The number of halogens is 6. The predicted molar refractivity (Wildman–Crippen MR) is 148 cm³/mol. The van der Waals surface area contributed by atoms with E-state index < -0.39 is 24.3 Å². The van der Waals surface area contributed by atoms with Crippen LogP contribution in [0.25, 0.3) is 11.1 Å². The number of aromatic nitrogens is 2. The van der Waals surface area contributed by atoms with Gasteiger partial charge in [-0.05, 0) is 67.7 Å². The van der Waals surface area contributed by atoms with Crippen LogP contribution in [0.1, 0.15) is 24.8 Å². The Labute approximate surface area is 252 Å². The van der Waals surface area contributed by atoms with Crippen LogP contribution in [-0.2, 0) is 20.8 Å². The Balaban J connectivity index is 0.000000421. The standard InChI is InChI=1S/C24H28N4O3.2C2HF3O2/c1-30-21-4-2-3-17(13-21)5-8-24(29)28-22-7-6-18(19-15-26-27-16-19)14-23(22)31-20-9-11-25-12-10-20;2*3-2(4,5)1(6)7/h2-4,6-7,13-16,20,25H,5,8-12H2,1H3,(H,26,27)(H,28,29);2*(H,6,7). The third kappa shape index (κ3) is 13.2. The van der Waals surface area contributed by atoms with Crippen molar-refractivity contribution in [2.45, 2.75) is 44.1 Å². The van der Waals surface area contributed by atoms with E-state index in [-0.39, 0.29) is 12.0 Å². The number of piperidine rings is 1. The lowest BCUT2D eigenvalue weighted by atomic mass is 10.1. The Morgan fingerprint density at radius 2 is 1.58 bits per heavy atom. The van der Waals surface area contributed by atoms with Crippen molar-refractivity contribution in [3.8, 4) is 22.6 Å². The number of amides is 1. The zero-order valence-electron chi connectivity index (χ0n) is 23.7. The maximum absolute atomic E-state index is 12.7. The molecule has 1 aliphatic rings. The van der Waals surface area contributed by atoms with Crippen LogP contribution in [0.2, 0.25) is 0 Å². The van der Waals surface area contributed by atoms with Crippen LogP contribution in [0.5, 0.6) is 11.5 Å². The number of alkyl halides is 6. The van der Waals surface area contributed by atoms with Crippen molar-refractivity contribution in [1.29, 1.82) is 0 Å². The molecular formula is C28H30F6N4O7. The van der Waals surface area contributed by atoms with E-state index in [4.69, 9.17) is 29.3 Å². The fourth-order valence-electron chi connectivity index (χ4n) is 3.70. The van der Waals surface area contributed by atoms with Crippen LogP contribution in [-0.4, -0.2) is 76.9 Å². The van der Waals surface area contributed by atoms with Crippen LogP contribution in [0, 0.1) is 0 Å². The Morgan fingerprint density at radius 1 is 0.956 bits per heavy atom. The second-order valence-corrected chi connectivity index (χ2v) is 9.27. The SMILES string of the molecule is COc1cccc(CCC(=O)Nc2ccc(-c3cn[nH]c3)cc2OC2CCNCC2)c1.O=C(O)C(F)(F)F.O=C(O)C(F)(F)F. The first-order valence-electron chi connectivity index (χ1n) is 13.1. The van der Waals surface area contributed by atoms with E-state index in [1.165, 1.54) is 0 Å². The number of anilines is 1. The van der Waals surface area contributed by atoms with Crippen molar-refractivity contribution < 1.29 is 60.4 Å². The van der Waals surface area contributed by atoms with Crippen molar-refractivity contribution in [3.63, 3.8) is 0 Å². The third-order valence-electron chi connectivity index (χ3n) is 5.93. The summed E-state index contributed by atoms with van der Waals surface area (Å²) in [4.78, 5) is 30.5. The molecule has 246 valence electrons. The average molecular weight is 649 g/mol. The molecule has 0 radical (unpaired) electrons. The number of aliphatic carboxylic acids is 2. The number of carboxylic acid groups (broad SMARTS) is 2. The summed E-state index contributed by atoms with van der Waals surface area (Å²) in [6.07, 6.45) is -3.51. The number of methoxy groups -OCH3 is 1. The van der Waals surface area contributed by atoms with Crippen molar-refractivity contribution in [2.24, 2.45) is 0 Å². The molecule has 45 heavy (non-hydrogen) atoms. The summed E-state index contributed by atoms with van der Waals surface area (Å²) in [6, 6.07) is 13.6. The number of hydrogen-bond acceptors (Lipinski definition) is 7. The number of carbonyl (C=O) groups excluding carboxylic acids is 1. The van der Waals surface area contributed by atoms with E-state index in [9.17, 15) is 31.1 Å². The quantitative estimate of drug-likeness (QED) is 0.210. The van der Waals surface area contributed by atoms with Crippen LogP contribution in [0.15, 0.2) is 54.9 Å². The van der Waals surface area contributed by atoms with Gasteiger partial charge in [0.05, 0.1) is 19.0 Å². The van der Waals surface area contributed by atoms with Gasteiger partial charge in [-0.15, -0.1) is 0 Å². The van der Waals surface area contributed by atoms with Gasteiger partial charge in [0.25, 0.3) is 0 Å². The van der Waals surface area contributed by atoms with Gasteiger partial charge in [0.2, 0.25) is 5.91 Å². The summed E-state index contributed by atoms with van der Waals surface area (Å²) in [5.41, 5.74) is 3.73. The minimum absolute atomic E-state index is 0.0472. The topological polar surface area (TPSA) is 163 Å². The fraction of sp³-hybridized carbons (Fsp3) is 0.357. The Hall–Kier alpha value is -4.80. The zero-order chi connectivity index (χ0) is 33.6. The summed E-state index contributed by atoms with van der Waals surface area (Å²) < 4.78 is 75.0. The first kappa shape index (κ1) is 36.4. The maximum atomic E-state index is 12.7. The highest BCUT2D eigenvalue weighted by atomic mass is 19.4. The van der Waals surface area contributed by atoms with E-state index in [0.717, 1.165) is 48.4 Å². The largest absolute Gasteiger partial charge is 0.497 e. The number of ether oxygens (including phenoxy) is 2. The predicted octanol–water partition coefficient (Wildman–Crippen LogP) is 5.05. The second-order valence-electron chi connectivity index (χ2n) is 9.27. The molecule has 11 nitrogen and oxygen atoms in total. The number of carbonyl (C=O) groups is 3. The summed E-state index contributed by atoms with van der Waals surface area (Å²) in [7, 11) is 1.64. The van der Waals surface area contributed by atoms with Gasteiger partial charge in [-0.2, -0.15) is 31.4 Å². The molecule has 0 saturated carbocycles. The Kier molecular flexibility index (Phi) is 13.7. The minimum Gasteiger partial charge on any atom is -0.497 e. The normalized spacial score (nSPS) is 13.3. The fourth-order valence-corrected chi connectivity index (χ4v) is 3.70. The number of benzene rings is 2. The van der Waals surface area contributed by atoms with Gasteiger partial charge in [-0.3, -0.25) is 9.89 Å². The lowest BCUT2D eigenvalue weighted by Crippen LogP contribution is -2.34. The van der Waals surface area contributed by atoms with Gasteiger partial charge < -0.3 is 30.3 Å². The van der Waals surface area contributed by atoms with Crippen molar-refractivity contribution in [2.75, 3.05) is 25.5 Å². The van der Waals surface area contributed by atoms with Gasteiger partial charge in [-0.25, -0.2) is 9.59 Å². The average Bonchev–Trinajstić information content (AvgIpc) is 3.53. The molecule has 1 fully saturated rings. The number of rotatable bonds is 8. The molecule has 1 aliphatic heterocycles. The van der Waals surface area contributed by atoms with Crippen molar-refractivity contribution in [1.82, 2.24) is 15.5 Å². The zero-order valence-corrected chi connectivity index (χ0v) is 23.7. The molecule has 0 bridgehead atoms. The highest BCUT2D eigenvalue weighted by Crippen LogP contribution is 2.32. The Morgan fingerprint density at radius 3 is 2.11 bits per heavy atom. The van der Waals surface area contributed by atoms with Gasteiger partial charge in [0.15, 0.2) is 0 Å². The lowest BCUT2D eigenvalue weighted by molar-refractivity contribution is -0.193. The van der Waals surface area contributed by atoms with E-state index in [1.807, 2.05) is 48.7 Å². The van der Waals surface area contributed by atoms with Crippen LogP contribution < -0.4 is 20.1 Å². The number of nitrogens with zero attached hydrogens (tertiary/aromatic N) is 1. The molecule has 0 atom stereocenters. The number of nitrogens with one attached hydrogen (secondary N) is 3. The second kappa shape index (κ2) is 16.9. The first-order valence-corrected chi connectivity index (χ1v) is 13.1. The van der Waals surface area contributed by atoms with E-state index in [1.54, 1.807) is 13.3 Å². The van der Waals surface area contributed by atoms with Gasteiger partial charge in [0.1, 0.15) is 17.6 Å². The molecule has 2 aromatic carbocycles. The summed E-state index contributed by atoms with van der Waals surface area (Å²) >= 11 is 0. The van der Waals surface area contributed by atoms with Crippen molar-refractivity contribution >= 4 is 23.5 Å². The highest BCUT2D eigenvalue weighted by Gasteiger charge is 2.38.